The lowest BCUT2D eigenvalue weighted by molar-refractivity contribution is 0.249. The first-order valence-electron chi connectivity index (χ1n) is 8.64. The van der Waals surface area contributed by atoms with Gasteiger partial charge in [-0.1, -0.05) is 29.8 Å². The summed E-state index contributed by atoms with van der Waals surface area (Å²) in [6.07, 6.45) is 0.882. The number of aromatic nitrogens is 2. The number of nitrogens with one attached hydrogen (secondary N) is 2. The fourth-order valence-corrected chi connectivity index (χ4v) is 2.43. The van der Waals surface area contributed by atoms with Crippen molar-refractivity contribution in [1.82, 2.24) is 15.5 Å². The van der Waals surface area contributed by atoms with Crippen molar-refractivity contribution in [2.24, 2.45) is 0 Å². The number of nitrogens with zero attached hydrogens (tertiary/aromatic N) is 2. The highest BCUT2D eigenvalue weighted by molar-refractivity contribution is 5.89. The highest BCUT2D eigenvalue weighted by Gasteiger charge is 2.11. The average Bonchev–Trinajstić information content (AvgIpc) is 3.12. The molecule has 0 aliphatic rings. The zero-order chi connectivity index (χ0) is 18.5. The van der Waals surface area contributed by atoms with Gasteiger partial charge in [0.05, 0.1) is 0 Å². The molecule has 3 rings (SSSR count). The van der Waals surface area contributed by atoms with E-state index in [0.717, 1.165) is 23.1 Å². The van der Waals surface area contributed by atoms with Crippen LogP contribution < -0.4 is 10.6 Å². The lowest BCUT2D eigenvalue weighted by Crippen LogP contribution is -2.35. The van der Waals surface area contributed by atoms with Crippen LogP contribution in [0.15, 0.2) is 53.1 Å². The highest BCUT2D eigenvalue weighted by Crippen LogP contribution is 2.23. The summed E-state index contributed by atoms with van der Waals surface area (Å²) in [5, 5.41) is 9.72. The average molecular weight is 350 g/mol. The van der Waals surface area contributed by atoms with Gasteiger partial charge in [-0.05, 0) is 56.7 Å². The molecule has 2 aromatic carbocycles. The van der Waals surface area contributed by atoms with Gasteiger partial charge in [-0.3, -0.25) is 0 Å². The molecular formula is C20H22N4O2. The summed E-state index contributed by atoms with van der Waals surface area (Å²) < 4.78 is 5.37. The van der Waals surface area contributed by atoms with Gasteiger partial charge in [-0.25, -0.2) is 4.79 Å². The fraction of sp³-hybridized carbons (Fsp3) is 0.250. The number of rotatable bonds is 5. The van der Waals surface area contributed by atoms with Gasteiger partial charge in [0, 0.05) is 22.9 Å². The number of anilines is 1. The van der Waals surface area contributed by atoms with Crippen molar-refractivity contribution in [3.05, 3.63) is 54.1 Å². The Labute approximate surface area is 152 Å². The van der Waals surface area contributed by atoms with Crippen LogP contribution in [-0.2, 0) is 0 Å². The zero-order valence-electron chi connectivity index (χ0n) is 15.1. The molecule has 3 aromatic rings. The standard InChI is InChI=1S/C20H22N4O2/c1-4-14(3)21-20(25)22-17-10-8-15(9-11-17)18-23-19(26-24-18)16-7-5-6-13(2)12-16/h5-12,14H,4H2,1-3H3,(H2,21,22,25)/t14-/m1/s1. The van der Waals surface area contributed by atoms with E-state index in [-0.39, 0.29) is 12.1 Å². The van der Waals surface area contributed by atoms with Gasteiger partial charge in [0.2, 0.25) is 5.82 Å². The van der Waals surface area contributed by atoms with Crippen LogP contribution in [0.4, 0.5) is 10.5 Å². The smallest absolute Gasteiger partial charge is 0.319 e. The Kier molecular flexibility index (Phi) is 5.31. The molecule has 1 heterocycles. The maximum absolute atomic E-state index is 11.9. The van der Waals surface area contributed by atoms with Crippen molar-refractivity contribution in [3.63, 3.8) is 0 Å². The summed E-state index contributed by atoms with van der Waals surface area (Å²) >= 11 is 0. The molecule has 0 saturated carbocycles. The van der Waals surface area contributed by atoms with Gasteiger partial charge in [-0.2, -0.15) is 4.98 Å². The molecule has 0 bridgehead atoms. The molecule has 0 radical (unpaired) electrons. The van der Waals surface area contributed by atoms with E-state index in [2.05, 4.69) is 20.8 Å². The molecule has 0 aliphatic heterocycles. The lowest BCUT2D eigenvalue weighted by atomic mass is 10.1. The van der Waals surface area contributed by atoms with Gasteiger partial charge >= 0.3 is 6.03 Å². The number of aryl methyl sites for hydroxylation is 1. The predicted molar refractivity (Wildman–Crippen MR) is 102 cm³/mol. The minimum atomic E-state index is -0.214. The molecule has 2 amide bonds. The zero-order valence-corrected chi connectivity index (χ0v) is 15.1. The van der Waals surface area contributed by atoms with E-state index in [0.29, 0.717) is 17.4 Å². The van der Waals surface area contributed by atoms with E-state index in [1.165, 1.54) is 0 Å². The van der Waals surface area contributed by atoms with Crippen molar-refractivity contribution in [2.45, 2.75) is 33.2 Å². The molecule has 0 saturated heterocycles. The lowest BCUT2D eigenvalue weighted by Gasteiger charge is -2.12. The first-order valence-corrected chi connectivity index (χ1v) is 8.64. The van der Waals surface area contributed by atoms with E-state index in [9.17, 15) is 4.79 Å². The minimum Gasteiger partial charge on any atom is -0.335 e. The third kappa shape index (κ3) is 4.27. The Balaban J connectivity index is 1.70. The molecule has 1 aromatic heterocycles. The molecule has 6 nitrogen and oxygen atoms in total. The number of amides is 2. The summed E-state index contributed by atoms with van der Waals surface area (Å²) in [4.78, 5) is 16.3. The number of hydrogen-bond donors (Lipinski definition) is 2. The Bertz CT molecular complexity index is 887. The second kappa shape index (κ2) is 7.82. The van der Waals surface area contributed by atoms with E-state index in [1.54, 1.807) is 0 Å². The van der Waals surface area contributed by atoms with Crippen LogP contribution in [-0.4, -0.2) is 22.2 Å². The number of urea groups is 1. The van der Waals surface area contributed by atoms with Gasteiger partial charge in [0.15, 0.2) is 0 Å². The minimum absolute atomic E-state index is 0.133. The Morgan fingerprint density at radius 1 is 1.15 bits per heavy atom. The highest BCUT2D eigenvalue weighted by atomic mass is 16.5. The van der Waals surface area contributed by atoms with E-state index in [1.807, 2.05) is 69.3 Å². The van der Waals surface area contributed by atoms with Crippen molar-refractivity contribution in [1.29, 1.82) is 0 Å². The van der Waals surface area contributed by atoms with Gasteiger partial charge < -0.3 is 15.2 Å². The van der Waals surface area contributed by atoms with Crippen LogP contribution in [0, 0.1) is 6.92 Å². The summed E-state index contributed by atoms with van der Waals surface area (Å²) in [5.41, 5.74) is 3.55. The summed E-state index contributed by atoms with van der Waals surface area (Å²) in [5.74, 6) is 0.996. The van der Waals surface area contributed by atoms with E-state index in [4.69, 9.17) is 4.52 Å². The normalized spacial score (nSPS) is 11.8. The molecule has 134 valence electrons. The maximum Gasteiger partial charge on any atom is 0.319 e. The van der Waals surface area contributed by atoms with Crippen LogP contribution in [0.2, 0.25) is 0 Å². The maximum atomic E-state index is 11.9. The molecule has 6 heteroatoms. The fourth-order valence-electron chi connectivity index (χ4n) is 2.43. The van der Waals surface area contributed by atoms with Crippen LogP contribution in [0.25, 0.3) is 22.8 Å². The quantitative estimate of drug-likeness (QED) is 0.703. The molecule has 0 unspecified atom stereocenters. The van der Waals surface area contributed by atoms with Gasteiger partial charge in [-0.15, -0.1) is 0 Å². The molecule has 0 fully saturated rings. The Morgan fingerprint density at radius 2 is 1.92 bits per heavy atom. The largest absolute Gasteiger partial charge is 0.335 e. The number of carbonyl (C=O) groups is 1. The monoisotopic (exact) mass is 350 g/mol. The topological polar surface area (TPSA) is 80.0 Å². The van der Waals surface area contributed by atoms with Crippen molar-refractivity contribution < 1.29 is 9.32 Å². The summed E-state index contributed by atoms with van der Waals surface area (Å²) in [6, 6.07) is 15.2. The second-order valence-corrected chi connectivity index (χ2v) is 6.28. The molecule has 1 atom stereocenters. The summed E-state index contributed by atoms with van der Waals surface area (Å²) in [6.45, 7) is 6.00. The second-order valence-electron chi connectivity index (χ2n) is 6.28. The predicted octanol–water partition coefficient (Wildman–Crippen LogP) is 4.63. The van der Waals surface area contributed by atoms with Crippen molar-refractivity contribution in [2.75, 3.05) is 5.32 Å². The van der Waals surface area contributed by atoms with E-state index >= 15 is 0 Å². The molecular weight excluding hydrogens is 328 g/mol. The number of carbonyl (C=O) groups excluding carboxylic acids is 1. The van der Waals surface area contributed by atoms with Gasteiger partial charge in [0.1, 0.15) is 0 Å². The Morgan fingerprint density at radius 3 is 2.62 bits per heavy atom. The number of benzene rings is 2. The third-order valence-corrected chi connectivity index (χ3v) is 4.08. The van der Waals surface area contributed by atoms with Crippen molar-refractivity contribution >= 4 is 11.7 Å². The molecule has 0 aliphatic carbocycles. The van der Waals surface area contributed by atoms with Gasteiger partial charge in [0.25, 0.3) is 5.89 Å². The van der Waals surface area contributed by atoms with Crippen molar-refractivity contribution in [3.8, 4) is 22.8 Å². The SMILES string of the molecule is CC[C@@H](C)NC(=O)Nc1ccc(-c2noc(-c3cccc(C)c3)n2)cc1. The number of hydrogen-bond acceptors (Lipinski definition) is 4. The van der Waals surface area contributed by atoms with E-state index < -0.39 is 0 Å². The third-order valence-electron chi connectivity index (χ3n) is 4.08. The molecule has 26 heavy (non-hydrogen) atoms. The molecule has 2 N–H and O–H groups in total. The Hall–Kier alpha value is -3.15. The first kappa shape index (κ1) is 17.7. The van der Waals surface area contributed by atoms with Crippen LogP contribution >= 0.6 is 0 Å². The first-order chi connectivity index (χ1) is 12.5. The summed E-state index contributed by atoms with van der Waals surface area (Å²) in [7, 11) is 0. The van der Waals surface area contributed by atoms with Crippen LogP contribution in [0.1, 0.15) is 25.8 Å². The molecule has 0 spiro atoms. The van der Waals surface area contributed by atoms with Crippen LogP contribution in [0.3, 0.4) is 0 Å². The van der Waals surface area contributed by atoms with Crippen LogP contribution in [0.5, 0.6) is 0 Å².